The zero-order chi connectivity index (χ0) is 17.2. The topological polar surface area (TPSA) is 21.8 Å². The van der Waals surface area contributed by atoms with Gasteiger partial charge < -0.3 is 5.32 Å². The lowest BCUT2D eigenvalue weighted by atomic mass is 9.89. The number of likely N-dealkylation sites (tertiary alicyclic amines) is 1. The van der Waals surface area contributed by atoms with Crippen molar-refractivity contribution in [2.24, 2.45) is 0 Å². The molecule has 0 unspecified atom stereocenters. The SMILES string of the molecule is CC(C)(C)N1CCC(F)(CN2CCN(C3CCNCC3)CC2)CC1. The van der Waals surface area contributed by atoms with E-state index in [4.69, 9.17) is 0 Å². The molecule has 140 valence electrons. The molecule has 4 nitrogen and oxygen atoms in total. The number of piperidine rings is 2. The first kappa shape index (κ1) is 18.6. The van der Waals surface area contributed by atoms with Crippen LogP contribution in [0.2, 0.25) is 0 Å². The molecule has 3 aliphatic heterocycles. The van der Waals surface area contributed by atoms with Crippen molar-refractivity contribution in [1.82, 2.24) is 20.0 Å². The Kier molecular flexibility index (Phi) is 5.85. The van der Waals surface area contributed by atoms with Crippen LogP contribution < -0.4 is 5.32 Å². The maximum absolute atomic E-state index is 15.3. The smallest absolute Gasteiger partial charge is 0.126 e. The Morgan fingerprint density at radius 3 is 2.08 bits per heavy atom. The lowest BCUT2D eigenvalue weighted by Gasteiger charge is -2.46. The zero-order valence-corrected chi connectivity index (χ0v) is 16.0. The van der Waals surface area contributed by atoms with Gasteiger partial charge >= 0.3 is 0 Å². The highest BCUT2D eigenvalue weighted by molar-refractivity contribution is 4.93. The summed E-state index contributed by atoms with van der Waals surface area (Å²) in [5.41, 5.74) is -0.805. The largest absolute Gasteiger partial charge is 0.317 e. The third-order valence-corrected chi connectivity index (χ3v) is 6.35. The first-order valence-corrected chi connectivity index (χ1v) is 9.97. The minimum absolute atomic E-state index is 0.168. The second-order valence-electron chi connectivity index (χ2n) is 9.10. The van der Waals surface area contributed by atoms with E-state index < -0.39 is 5.67 Å². The third-order valence-electron chi connectivity index (χ3n) is 6.35. The molecule has 0 aromatic carbocycles. The molecule has 0 radical (unpaired) electrons. The first-order valence-electron chi connectivity index (χ1n) is 9.97. The minimum Gasteiger partial charge on any atom is -0.317 e. The molecular formula is C19H37FN4. The van der Waals surface area contributed by atoms with Gasteiger partial charge in [-0.15, -0.1) is 0 Å². The molecular weight excluding hydrogens is 303 g/mol. The molecule has 0 aromatic rings. The fourth-order valence-electron chi connectivity index (χ4n) is 4.60. The Bertz CT molecular complexity index is 387. The molecule has 24 heavy (non-hydrogen) atoms. The Hall–Kier alpha value is -0.230. The Morgan fingerprint density at radius 1 is 0.958 bits per heavy atom. The lowest BCUT2D eigenvalue weighted by Crippen LogP contribution is -2.57. The van der Waals surface area contributed by atoms with Crippen LogP contribution in [-0.4, -0.2) is 90.9 Å². The standard InChI is InChI=1S/C19H37FN4/c1-18(2,3)24-10-6-19(20,7-11-24)16-22-12-14-23(15-13-22)17-4-8-21-9-5-17/h17,21H,4-16H2,1-3H3. The van der Waals surface area contributed by atoms with Gasteiger partial charge in [0.05, 0.1) is 0 Å². The second-order valence-corrected chi connectivity index (χ2v) is 9.10. The number of hydrogen-bond acceptors (Lipinski definition) is 4. The van der Waals surface area contributed by atoms with Crippen molar-refractivity contribution in [1.29, 1.82) is 0 Å². The number of piperazine rings is 1. The summed E-state index contributed by atoms with van der Waals surface area (Å²) in [7, 11) is 0. The van der Waals surface area contributed by atoms with Crippen LogP contribution in [0.25, 0.3) is 0 Å². The summed E-state index contributed by atoms with van der Waals surface area (Å²) in [4.78, 5) is 7.45. The monoisotopic (exact) mass is 340 g/mol. The van der Waals surface area contributed by atoms with Gasteiger partial charge in [0.25, 0.3) is 0 Å². The van der Waals surface area contributed by atoms with Crippen LogP contribution in [0.3, 0.4) is 0 Å². The minimum atomic E-state index is -0.974. The molecule has 3 aliphatic rings. The van der Waals surface area contributed by atoms with Gasteiger partial charge in [0.15, 0.2) is 0 Å². The summed E-state index contributed by atoms with van der Waals surface area (Å²) >= 11 is 0. The van der Waals surface area contributed by atoms with Crippen LogP contribution in [-0.2, 0) is 0 Å². The predicted molar refractivity (Wildman–Crippen MR) is 98.3 cm³/mol. The molecule has 3 rings (SSSR count). The maximum Gasteiger partial charge on any atom is 0.126 e. The molecule has 0 atom stereocenters. The summed E-state index contributed by atoms with van der Waals surface area (Å²) in [6, 6.07) is 0.753. The quantitative estimate of drug-likeness (QED) is 0.848. The van der Waals surface area contributed by atoms with E-state index in [2.05, 4.69) is 40.8 Å². The molecule has 5 heteroatoms. The fraction of sp³-hybridized carbons (Fsp3) is 1.00. The lowest BCUT2D eigenvalue weighted by molar-refractivity contribution is -0.0169. The van der Waals surface area contributed by atoms with E-state index in [9.17, 15) is 0 Å². The molecule has 0 amide bonds. The van der Waals surface area contributed by atoms with E-state index in [1.165, 1.54) is 12.8 Å². The second kappa shape index (κ2) is 7.56. The molecule has 0 aliphatic carbocycles. The molecule has 0 spiro atoms. The van der Waals surface area contributed by atoms with Crippen LogP contribution in [0.5, 0.6) is 0 Å². The summed E-state index contributed by atoms with van der Waals surface area (Å²) in [5.74, 6) is 0. The van der Waals surface area contributed by atoms with Crippen molar-refractivity contribution >= 4 is 0 Å². The van der Waals surface area contributed by atoms with E-state index in [1.807, 2.05) is 0 Å². The van der Waals surface area contributed by atoms with Crippen LogP contribution >= 0.6 is 0 Å². The van der Waals surface area contributed by atoms with E-state index in [0.717, 1.165) is 58.4 Å². The van der Waals surface area contributed by atoms with E-state index in [1.54, 1.807) is 0 Å². The number of hydrogen-bond donors (Lipinski definition) is 1. The van der Waals surface area contributed by atoms with Gasteiger partial charge in [-0.05, 0) is 59.5 Å². The number of nitrogens with zero attached hydrogens (tertiary/aromatic N) is 3. The normalized spacial score (nSPS) is 29.0. The van der Waals surface area contributed by atoms with Crippen LogP contribution in [0.1, 0.15) is 46.5 Å². The number of halogens is 1. The van der Waals surface area contributed by atoms with Gasteiger partial charge in [-0.1, -0.05) is 0 Å². The highest BCUT2D eigenvalue weighted by Gasteiger charge is 2.39. The van der Waals surface area contributed by atoms with Gasteiger partial charge in [0.1, 0.15) is 5.67 Å². The highest BCUT2D eigenvalue weighted by atomic mass is 19.1. The van der Waals surface area contributed by atoms with Crippen molar-refractivity contribution in [3.63, 3.8) is 0 Å². The summed E-state index contributed by atoms with van der Waals surface area (Å²) in [5, 5.41) is 3.45. The zero-order valence-electron chi connectivity index (χ0n) is 16.0. The summed E-state index contributed by atoms with van der Waals surface area (Å²) in [6.45, 7) is 15.8. The Morgan fingerprint density at radius 2 is 1.54 bits per heavy atom. The van der Waals surface area contributed by atoms with Gasteiger partial charge in [-0.2, -0.15) is 0 Å². The highest BCUT2D eigenvalue weighted by Crippen LogP contribution is 2.31. The van der Waals surface area contributed by atoms with Crippen LogP contribution in [0.15, 0.2) is 0 Å². The van der Waals surface area contributed by atoms with Crippen LogP contribution in [0, 0.1) is 0 Å². The Labute approximate surface area is 147 Å². The molecule has 3 heterocycles. The molecule has 0 aromatic heterocycles. The average Bonchev–Trinajstić information content (AvgIpc) is 2.55. The number of alkyl halides is 1. The average molecular weight is 341 g/mol. The summed E-state index contributed by atoms with van der Waals surface area (Å²) in [6.07, 6.45) is 3.93. The molecule has 3 fully saturated rings. The fourth-order valence-corrected chi connectivity index (χ4v) is 4.60. The summed E-state index contributed by atoms with van der Waals surface area (Å²) < 4.78 is 15.3. The number of rotatable bonds is 3. The molecule has 3 saturated heterocycles. The third kappa shape index (κ3) is 4.69. The predicted octanol–water partition coefficient (Wildman–Crippen LogP) is 1.96. The van der Waals surface area contributed by atoms with Gasteiger partial charge in [0, 0.05) is 57.4 Å². The van der Waals surface area contributed by atoms with Gasteiger partial charge in [-0.3, -0.25) is 14.7 Å². The van der Waals surface area contributed by atoms with E-state index in [-0.39, 0.29) is 5.54 Å². The molecule has 0 saturated carbocycles. The van der Waals surface area contributed by atoms with E-state index in [0.29, 0.717) is 19.4 Å². The molecule has 1 N–H and O–H groups in total. The number of nitrogens with one attached hydrogen (secondary N) is 1. The van der Waals surface area contributed by atoms with E-state index >= 15 is 4.39 Å². The molecule has 0 bridgehead atoms. The first-order chi connectivity index (χ1) is 11.4. The van der Waals surface area contributed by atoms with Crippen LogP contribution in [0.4, 0.5) is 4.39 Å². The van der Waals surface area contributed by atoms with Gasteiger partial charge in [-0.25, -0.2) is 4.39 Å². The van der Waals surface area contributed by atoms with Crippen molar-refractivity contribution in [3.8, 4) is 0 Å². The van der Waals surface area contributed by atoms with Crippen molar-refractivity contribution in [3.05, 3.63) is 0 Å². The van der Waals surface area contributed by atoms with Crippen molar-refractivity contribution < 1.29 is 4.39 Å². The van der Waals surface area contributed by atoms with Crippen molar-refractivity contribution in [2.45, 2.75) is 63.7 Å². The van der Waals surface area contributed by atoms with Crippen molar-refractivity contribution in [2.75, 3.05) is 58.9 Å². The maximum atomic E-state index is 15.3. The Balaban J connectivity index is 1.42. The van der Waals surface area contributed by atoms with Gasteiger partial charge in [0.2, 0.25) is 0 Å².